The Kier molecular flexibility index (Phi) is 3.23. The maximum absolute atomic E-state index is 12.8. The molecule has 3 saturated carbocycles. The quantitative estimate of drug-likeness (QED) is 0.394. The summed E-state index contributed by atoms with van der Waals surface area (Å²) >= 11 is 14.1. The second kappa shape index (κ2) is 4.85. The number of sulfonamides is 2. The Hall–Kier alpha value is 0.320. The van der Waals surface area contributed by atoms with E-state index in [1.54, 1.807) is 0 Å². The Morgan fingerprint density at radius 1 is 0.871 bits per heavy atom. The molecule has 174 valence electrons. The van der Waals surface area contributed by atoms with E-state index in [-0.39, 0.29) is 40.6 Å². The summed E-state index contributed by atoms with van der Waals surface area (Å²) in [6.45, 7) is 8.77. The van der Waals surface area contributed by atoms with E-state index in [4.69, 9.17) is 32.9 Å². The highest BCUT2D eigenvalue weighted by atomic mass is 35.5. The number of halogens is 2. The third kappa shape index (κ3) is 1.68. The van der Waals surface area contributed by atoms with Gasteiger partial charge >= 0.3 is 0 Å². The lowest BCUT2D eigenvalue weighted by molar-refractivity contribution is -0.243. The predicted molar refractivity (Wildman–Crippen MR) is 111 cm³/mol. The van der Waals surface area contributed by atoms with Crippen LogP contribution in [0.25, 0.3) is 0 Å². The predicted octanol–water partition coefficient (Wildman–Crippen LogP) is 2.10. The average Bonchev–Trinajstić information content (AvgIpc) is 3.23. The zero-order chi connectivity index (χ0) is 22.4. The lowest BCUT2D eigenvalue weighted by atomic mass is 9.66. The Morgan fingerprint density at radius 2 is 1.52 bits per heavy atom. The fourth-order valence-corrected chi connectivity index (χ4v) is 15.5. The molecule has 4 heterocycles. The minimum Gasteiger partial charge on any atom is -0.283 e. The number of hydrogen-bond donors (Lipinski definition) is 0. The highest BCUT2D eigenvalue weighted by molar-refractivity contribution is 7.90. The van der Waals surface area contributed by atoms with Crippen LogP contribution >= 0.6 is 23.2 Å². The van der Waals surface area contributed by atoms with Gasteiger partial charge in [-0.05, 0) is 45.9 Å². The highest BCUT2D eigenvalue weighted by Crippen LogP contribution is 2.88. The minimum atomic E-state index is -3.59. The van der Waals surface area contributed by atoms with Crippen molar-refractivity contribution in [3.8, 4) is 0 Å². The first kappa shape index (κ1) is 20.7. The van der Waals surface area contributed by atoms with Gasteiger partial charge in [0.15, 0.2) is 4.33 Å². The topological polar surface area (TPSA) is 96.3 Å². The highest BCUT2D eigenvalue weighted by Gasteiger charge is 2.99. The van der Waals surface area contributed by atoms with Crippen LogP contribution in [0.5, 0.6) is 0 Å². The molecule has 8 nitrogen and oxygen atoms in total. The first-order chi connectivity index (χ1) is 14.0. The maximum Gasteiger partial charge on any atom is 0.239 e. The lowest BCUT2D eigenvalue weighted by Crippen LogP contribution is -2.74. The SMILES string of the molecule is CC1(C)C2CON3[C@]1(CC2C1C[C@@]24CS(=O)(=O)[N@@]5OC52C(Cl)(Cl)C1C4(C)C)CS3(=O)=O. The number of alkyl halides is 2. The monoisotopic (exact) mass is 512 g/mol. The van der Waals surface area contributed by atoms with Crippen molar-refractivity contribution in [1.82, 2.24) is 8.94 Å². The molecule has 4 aliphatic heterocycles. The number of rotatable bonds is 1. The van der Waals surface area contributed by atoms with Crippen LogP contribution in [0.2, 0.25) is 0 Å². The van der Waals surface area contributed by atoms with Crippen molar-refractivity contribution in [1.29, 1.82) is 0 Å². The molecule has 5 unspecified atom stereocenters. The molecule has 7 rings (SSSR count). The van der Waals surface area contributed by atoms with Gasteiger partial charge in [-0.1, -0.05) is 55.4 Å². The molecule has 3 aliphatic carbocycles. The van der Waals surface area contributed by atoms with Crippen LogP contribution in [0.3, 0.4) is 0 Å². The summed E-state index contributed by atoms with van der Waals surface area (Å²) in [5.41, 5.74) is -3.14. The molecular formula is C19H26Cl2N2O6S2. The van der Waals surface area contributed by atoms with E-state index >= 15 is 0 Å². The second-order valence-corrected chi connectivity index (χ2v) is 17.0. The largest absolute Gasteiger partial charge is 0.283 e. The van der Waals surface area contributed by atoms with Crippen molar-refractivity contribution in [2.24, 2.45) is 39.9 Å². The van der Waals surface area contributed by atoms with Gasteiger partial charge in [-0.25, -0.2) is 16.8 Å². The molecule has 31 heavy (non-hydrogen) atoms. The van der Waals surface area contributed by atoms with Gasteiger partial charge in [0.2, 0.25) is 25.8 Å². The summed E-state index contributed by atoms with van der Waals surface area (Å²) in [6, 6.07) is 0. The van der Waals surface area contributed by atoms with Crippen LogP contribution in [0.15, 0.2) is 0 Å². The van der Waals surface area contributed by atoms with Crippen LogP contribution in [0, 0.1) is 39.9 Å². The molecule has 0 aromatic heterocycles. The van der Waals surface area contributed by atoms with E-state index in [1.165, 1.54) is 4.47 Å². The van der Waals surface area contributed by atoms with Crippen LogP contribution in [-0.2, 0) is 29.7 Å². The maximum atomic E-state index is 12.8. The molecule has 3 spiro atoms. The third-order valence-corrected chi connectivity index (χ3v) is 15.3. The fourth-order valence-electron chi connectivity index (χ4n) is 9.33. The molecule has 4 saturated heterocycles. The zero-order valence-corrected chi connectivity index (χ0v) is 20.9. The molecular weight excluding hydrogens is 487 g/mol. The van der Waals surface area contributed by atoms with Gasteiger partial charge in [0.1, 0.15) is 0 Å². The average molecular weight is 513 g/mol. The van der Waals surface area contributed by atoms with Gasteiger partial charge in [-0.15, -0.1) is 0 Å². The van der Waals surface area contributed by atoms with Crippen LogP contribution in [0.4, 0.5) is 0 Å². The molecule has 0 radical (unpaired) electrons. The van der Waals surface area contributed by atoms with Crippen molar-refractivity contribution in [2.75, 3.05) is 18.1 Å². The van der Waals surface area contributed by atoms with Crippen molar-refractivity contribution >= 4 is 43.2 Å². The summed E-state index contributed by atoms with van der Waals surface area (Å²) < 4.78 is 51.5. The van der Waals surface area contributed by atoms with E-state index in [0.717, 1.165) is 4.47 Å². The first-order valence-electron chi connectivity index (χ1n) is 10.8. The van der Waals surface area contributed by atoms with Gasteiger partial charge < -0.3 is 0 Å². The van der Waals surface area contributed by atoms with Gasteiger partial charge in [0.05, 0.1) is 23.7 Å². The normalized spacial score (nSPS) is 59.5. The molecule has 12 heteroatoms. The van der Waals surface area contributed by atoms with E-state index in [0.29, 0.717) is 19.4 Å². The molecule has 7 aliphatic rings. The summed E-state index contributed by atoms with van der Waals surface area (Å²) in [4.78, 5) is 11.5. The number of nitrogens with zero attached hydrogens (tertiary/aromatic N) is 2. The van der Waals surface area contributed by atoms with Gasteiger partial charge in [0.25, 0.3) is 0 Å². The lowest BCUT2D eigenvalue weighted by Gasteiger charge is -2.58. The molecule has 7 fully saturated rings. The molecule has 0 aromatic rings. The molecule has 0 N–H and O–H groups in total. The van der Waals surface area contributed by atoms with Crippen molar-refractivity contribution < 1.29 is 26.5 Å². The summed E-state index contributed by atoms with van der Waals surface area (Å²) in [7, 11) is -6.97. The van der Waals surface area contributed by atoms with E-state index < -0.39 is 46.5 Å². The van der Waals surface area contributed by atoms with E-state index in [9.17, 15) is 16.8 Å². The van der Waals surface area contributed by atoms with Gasteiger partial charge in [-0.2, -0.15) is 0 Å². The van der Waals surface area contributed by atoms with Crippen LogP contribution in [-0.4, -0.2) is 59.5 Å². The Morgan fingerprint density at radius 3 is 2.13 bits per heavy atom. The minimum absolute atomic E-state index is 0.00980. The van der Waals surface area contributed by atoms with Crippen LogP contribution in [0.1, 0.15) is 40.5 Å². The van der Waals surface area contributed by atoms with Gasteiger partial charge in [0, 0.05) is 11.3 Å². The smallest absolute Gasteiger partial charge is 0.239 e. The molecule has 4 bridgehead atoms. The fraction of sp³-hybridized carbons (Fsp3) is 1.00. The van der Waals surface area contributed by atoms with Crippen LogP contribution < -0.4 is 0 Å². The Balaban J connectivity index is 1.35. The summed E-state index contributed by atoms with van der Waals surface area (Å²) in [5.74, 6) is 0.253. The Labute approximate surface area is 192 Å². The number of fused-ring (bicyclic) bond motifs is 2. The zero-order valence-electron chi connectivity index (χ0n) is 17.8. The molecule has 8 atom stereocenters. The molecule has 0 aromatic carbocycles. The Bertz CT molecular complexity index is 1160. The number of hydrogen-bond acceptors (Lipinski definition) is 6. The van der Waals surface area contributed by atoms with E-state index in [1.807, 2.05) is 0 Å². The third-order valence-electron chi connectivity index (χ3n) is 10.8. The van der Waals surface area contributed by atoms with Gasteiger partial charge in [-0.3, -0.25) is 9.68 Å². The standard InChI is InChI=1S/C19H26Cl2N2O6S2/c1-14(2)12-7-28-22-17(14,9-31(22,26)27)6-10(12)11-5-16-8-30(24,25)23-19(16,29-23)18(20,21)13(11)15(16,3)4/h10-13H,5-9H2,1-4H3/t10?,11?,12?,13?,16-,17+,19?,23+/m0/s1. The van der Waals surface area contributed by atoms with Crippen molar-refractivity contribution in [2.45, 2.75) is 56.1 Å². The number of hydroxylamine groups is 2. The molecule has 0 amide bonds. The van der Waals surface area contributed by atoms with E-state index in [2.05, 4.69) is 27.7 Å². The second-order valence-electron chi connectivity index (χ2n) is 12.0. The van der Waals surface area contributed by atoms with Crippen molar-refractivity contribution in [3.63, 3.8) is 0 Å². The first-order valence-corrected chi connectivity index (χ1v) is 14.8. The summed E-state index contributed by atoms with van der Waals surface area (Å²) in [6.07, 6.45) is 1.34. The summed E-state index contributed by atoms with van der Waals surface area (Å²) in [5, 5.41) is 0. The van der Waals surface area contributed by atoms with Crippen molar-refractivity contribution in [3.05, 3.63) is 0 Å².